The van der Waals surface area contributed by atoms with Crippen molar-refractivity contribution in [2.24, 2.45) is 0 Å². The monoisotopic (exact) mass is 449 g/mol. The zero-order chi connectivity index (χ0) is 17.3. The smallest absolute Gasteiger partial charge is 0.209 e. The second-order valence-corrected chi connectivity index (χ2v) is 9.22. The summed E-state index contributed by atoms with van der Waals surface area (Å²) in [7, 11) is 0. The molecule has 0 spiro atoms. The molecule has 0 fully saturated rings. The van der Waals surface area contributed by atoms with Crippen molar-refractivity contribution in [3.05, 3.63) is 52.3 Å². The van der Waals surface area contributed by atoms with E-state index in [-0.39, 0.29) is 17.5 Å². The zero-order valence-corrected chi connectivity index (χ0v) is 16.2. The summed E-state index contributed by atoms with van der Waals surface area (Å²) in [5.41, 5.74) is 0.862. The van der Waals surface area contributed by atoms with Gasteiger partial charge in [0, 0.05) is 5.02 Å². The second kappa shape index (κ2) is 7.49. The lowest BCUT2D eigenvalue weighted by Crippen LogP contribution is -2.16. The SMILES string of the molecule is Clc1ccc(C=Cc2nc(C(Cl)(Cl)Cl)nc(C(Cl)(Cl)Cl)n2)cc1. The van der Waals surface area contributed by atoms with Gasteiger partial charge in [0.05, 0.1) is 0 Å². The third kappa shape index (κ3) is 5.79. The number of alkyl halides is 6. The van der Waals surface area contributed by atoms with Crippen molar-refractivity contribution >= 4 is 93.4 Å². The fraction of sp³-hybridized carbons (Fsp3) is 0.154. The minimum Gasteiger partial charge on any atom is -0.209 e. The Kier molecular flexibility index (Phi) is 6.29. The number of hydrogen-bond donors (Lipinski definition) is 0. The van der Waals surface area contributed by atoms with Gasteiger partial charge in [0.1, 0.15) is 0 Å². The van der Waals surface area contributed by atoms with Gasteiger partial charge in [0.25, 0.3) is 0 Å². The van der Waals surface area contributed by atoms with Crippen LogP contribution in [0, 0.1) is 0 Å². The summed E-state index contributed by atoms with van der Waals surface area (Å²) in [6.45, 7) is 0. The van der Waals surface area contributed by atoms with E-state index in [1.807, 2.05) is 12.1 Å². The highest BCUT2D eigenvalue weighted by Gasteiger charge is 2.33. The summed E-state index contributed by atoms with van der Waals surface area (Å²) < 4.78 is -3.76. The average Bonchev–Trinajstić information content (AvgIpc) is 2.44. The lowest BCUT2D eigenvalue weighted by molar-refractivity contribution is 0.835. The van der Waals surface area contributed by atoms with Crippen LogP contribution in [-0.2, 0) is 7.59 Å². The fourth-order valence-corrected chi connectivity index (χ4v) is 2.10. The Morgan fingerprint density at radius 2 is 1.17 bits per heavy atom. The summed E-state index contributed by atoms with van der Waals surface area (Å²) in [4.78, 5) is 12.0. The molecular formula is C13H6Cl7N3. The number of halogens is 7. The van der Waals surface area contributed by atoms with Gasteiger partial charge in [0.2, 0.25) is 7.59 Å². The van der Waals surface area contributed by atoms with Gasteiger partial charge in [-0.2, -0.15) is 0 Å². The molecule has 3 nitrogen and oxygen atoms in total. The lowest BCUT2D eigenvalue weighted by atomic mass is 10.2. The summed E-state index contributed by atoms with van der Waals surface area (Å²) in [5.74, 6) is -0.109. The molecule has 23 heavy (non-hydrogen) atoms. The van der Waals surface area contributed by atoms with Crippen molar-refractivity contribution in [2.45, 2.75) is 7.59 Å². The lowest BCUT2D eigenvalue weighted by Gasteiger charge is -2.14. The Labute approximate surface area is 167 Å². The van der Waals surface area contributed by atoms with Crippen LogP contribution in [0.3, 0.4) is 0 Å². The molecular weight excluding hydrogens is 446 g/mol. The molecule has 122 valence electrons. The fourth-order valence-electron chi connectivity index (χ4n) is 1.47. The van der Waals surface area contributed by atoms with Crippen LogP contribution >= 0.6 is 81.2 Å². The minimum absolute atomic E-state index is 0.144. The van der Waals surface area contributed by atoms with Crippen LogP contribution in [0.15, 0.2) is 24.3 Å². The molecule has 0 radical (unpaired) electrons. The molecule has 0 saturated carbocycles. The number of benzene rings is 1. The Morgan fingerprint density at radius 3 is 1.61 bits per heavy atom. The van der Waals surface area contributed by atoms with E-state index in [1.165, 1.54) is 0 Å². The van der Waals surface area contributed by atoms with E-state index in [2.05, 4.69) is 15.0 Å². The third-order valence-corrected chi connectivity index (χ3v) is 3.72. The summed E-state index contributed by atoms with van der Waals surface area (Å²) >= 11 is 40.6. The molecule has 0 N–H and O–H groups in total. The van der Waals surface area contributed by atoms with Gasteiger partial charge in [-0.25, -0.2) is 15.0 Å². The summed E-state index contributed by atoms with van der Waals surface area (Å²) in [6, 6.07) is 7.11. The van der Waals surface area contributed by atoms with Crippen molar-refractivity contribution in [3.63, 3.8) is 0 Å². The van der Waals surface area contributed by atoms with Gasteiger partial charge >= 0.3 is 0 Å². The second-order valence-electron chi connectivity index (χ2n) is 4.22. The zero-order valence-electron chi connectivity index (χ0n) is 11.0. The van der Waals surface area contributed by atoms with E-state index in [1.54, 1.807) is 24.3 Å². The number of nitrogens with zero attached hydrogens (tertiary/aromatic N) is 3. The van der Waals surface area contributed by atoms with E-state index < -0.39 is 7.59 Å². The first-order valence-corrected chi connectivity index (χ1v) is 8.54. The Morgan fingerprint density at radius 1 is 0.696 bits per heavy atom. The van der Waals surface area contributed by atoms with Crippen molar-refractivity contribution in [1.82, 2.24) is 15.0 Å². The summed E-state index contributed by atoms with van der Waals surface area (Å²) in [5, 5.41) is 0.624. The molecule has 0 aliphatic carbocycles. The maximum absolute atomic E-state index is 5.83. The highest BCUT2D eigenvalue weighted by Crippen LogP contribution is 2.39. The molecule has 0 unspecified atom stereocenters. The van der Waals surface area contributed by atoms with E-state index in [4.69, 9.17) is 81.2 Å². The van der Waals surface area contributed by atoms with E-state index >= 15 is 0 Å². The van der Waals surface area contributed by atoms with Gasteiger partial charge < -0.3 is 0 Å². The highest BCUT2D eigenvalue weighted by molar-refractivity contribution is 6.67. The van der Waals surface area contributed by atoms with Crippen molar-refractivity contribution < 1.29 is 0 Å². The van der Waals surface area contributed by atoms with E-state index in [9.17, 15) is 0 Å². The topological polar surface area (TPSA) is 38.7 Å². The Hall–Kier alpha value is -0.000000000000000278. The van der Waals surface area contributed by atoms with Gasteiger partial charge in [-0.05, 0) is 23.8 Å². The van der Waals surface area contributed by atoms with Crippen LogP contribution in [0.2, 0.25) is 5.02 Å². The molecule has 0 amide bonds. The van der Waals surface area contributed by atoms with Crippen molar-refractivity contribution in [3.8, 4) is 0 Å². The van der Waals surface area contributed by atoms with Gasteiger partial charge in [0.15, 0.2) is 17.5 Å². The first-order valence-electron chi connectivity index (χ1n) is 5.90. The molecule has 0 aliphatic heterocycles. The quantitative estimate of drug-likeness (QED) is 0.499. The Bertz CT molecular complexity index is 686. The molecule has 1 heterocycles. The highest BCUT2D eigenvalue weighted by atomic mass is 35.6. The van der Waals surface area contributed by atoms with E-state index in [0.717, 1.165) is 5.56 Å². The molecule has 1 aromatic carbocycles. The Balaban J connectivity index is 2.43. The maximum Gasteiger partial charge on any atom is 0.250 e. The number of hydrogen-bond acceptors (Lipinski definition) is 3. The van der Waals surface area contributed by atoms with Crippen LogP contribution < -0.4 is 0 Å². The molecule has 0 aliphatic rings. The first kappa shape index (κ1) is 19.3. The number of aromatic nitrogens is 3. The largest absolute Gasteiger partial charge is 0.250 e. The molecule has 0 atom stereocenters. The molecule has 10 heteroatoms. The molecule has 0 bridgehead atoms. The molecule has 2 aromatic rings. The van der Waals surface area contributed by atoms with Crippen LogP contribution in [-0.4, -0.2) is 15.0 Å². The van der Waals surface area contributed by atoms with Crippen molar-refractivity contribution in [2.75, 3.05) is 0 Å². The van der Waals surface area contributed by atoms with Crippen LogP contribution in [0.25, 0.3) is 12.2 Å². The maximum atomic E-state index is 5.83. The van der Waals surface area contributed by atoms with Gasteiger partial charge in [-0.3, -0.25) is 0 Å². The van der Waals surface area contributed by atoms with Crippen LogP contribution in [0.4, 0.5) is 0 Å². The van der Waals surface area contributed by atoms with E-state index in [0.29, 0.717) is 5.02 Å². The van der Waals surface area contributed by atoms with Crippen LogP contribution in [0.1, 0.15) is 23.0 Å². The number of rotatable bonds is 2. The normalized spacial score (nSPS) is 12.8. The molecule has 1 aromatic heterocycles. The predicted molar refractivity (Wildman–Crippen MR) is 98.7 cm³/mol. The standard InChI is InChI=1S/C13H6Cl7N3/c14-8-4-1-7(2-5-8)3-6-9-21-10(12(15,16)17)23-11(22-9)13(18,19)20/h1-6H. The minimum atomic E-state index is -1.88. The predicted octanol–water partition coefficient (Wildman–Crippen LogP) is 6.35. The van der Waals surface area contributed by atoms with Gasteiger partial charge in [-0.15, -0.1) is 0 Å². The van der Waals surface area contributed by atoms with Crippen molar-refractivity contribution in [1.29, 1.82) is 0 Å². The van der Waals surface area contributed by atoms with Crippen LogP contribution in [0.5, 0.6) is 0 Å². The third-order valence-electron chi connectivity index (χ3n) is 2.45. The molecule has 0 saturated heterocycles. The van der Waals surface area contributed by atoms with Gasteiger partial charge in [-0.1, -0.05) is 99.4 Å². The molecule has 2 rings (SSSR count). The average molecular weight is 452 g/mol. The first-order chi connectivity index (χ1) is 10.6. The summed E-state index contributed by atoms with van der Waals surface area (Å²) in [6.07, 6.45) is 3.31.